The minimum absolute atomic E-state index is 0. The summed E-state index contributed by atoms with van der Waals surface area (Å²) in [7, 11) is 1.87. The predicted octanol–water partition coefficient (Wildman–Crippen LogP) is 2.86. The largest absolute Gasteiger partial charge is 0.356 e. The number of aliphatic imine (C=N–C) groups is 1. The van der Waals surface area contributed by atoms with E-state index in [1.165, 1.54) is 24.0 Å². The molecule has 1 saturated heterocycles. The third-order valence-electron chi connectivity index (χ3n) is 4.11. The molecule has 1 aliphatic heterocycles. The van der Waals surface area contributed by atoms with Gasteiger partial charge in [0.25, 0.3) is 0 Å². The third kappa shape index (κ3) is 5.45. The van der Waals surface area contributed by atoms with Crippen molar-refractivity contribution in [3.8, 4) is 0 Å². The second kappa shape index (κ2) is 9.23. The zero-order valence-electron chi connectivity index (χ0n) is 13.3. The second-order valence-electron chi connectivity index (χ2n) is 5.70. The van der Waals surface area contributed by atoms with E-state index in [-0.39, 0.29) is 24.0 Å². The maximum absolute atomic E-state index is 4.41. The van der Waals surface area contributed by atoms with E-state index in [9.17, 15) is 0 Å². The van der Waals surface area contributed by atoms with E-state index >= 15 is 0 Å². The number of piperidine rings is 1. The van der Waals surface area contributed by atoms with Crippen LogP contribution in [0.4, 0.5) is 0 Å². The van der Waals surface area contributed by atoms with Crippen LogP contribution in [-0.2, 0) is 6.42 Å². The summed E-state index contributed by atoms with van der Waals surface area (Å²) in [5.41, 5.74) is 2.62. The van der Waals surface area contributed by atoms with Crippen molar-refractivity contribution in [2.75, 3.05) is 26.7 Å². The van der Waals surface area contributed by atoms with Gasteiger partial charge in [-0.2, -0.15) is 0 Å². The zero-order valence-corrected chi connectivity index (χ0v) is 15.6. The number of aromatic nitrogens is 1. The molecule has 0 atom stereocenters. The molecular formula is C16H27IN4. The Bertz CT molecular complexity index is 453. The molecule has 0 saturated carbocycles. The van der Waals surface area contributed by atoms with Gasteiger partial charge in [-0.05, 0) is 49.3 Å². The molecule has 0 amide bonds. The van der Waals surface area contributed by atoms with Crippen LogP contribution in [0.3, 0.4) is 0 Å². The average molecular weight is 402 g/mol. The first-order chi connectivity index (χ1) is 9.70. The molecule has 0 bridgehead atoms. The summed E-state index contributed by atoms with van der Waals surface area (Å²) < 4.78 is 0. The van der Waals surface area contributed by atoms with Gasteiger partial charge in [0.05, 0.1) is 0 Å². The fourth-order valence-electron chi connectivity index (χ4n) is 2.64. The molecule has 2 heterocycles. The molecular weight excluding hydrogens is 375 g/mol. The molecule has 5 heteroatoms. The Hall–Kier alpha value is -0.850. The lowest BCUT2D eigenvalue weighted by molar-refractivity contribution is 0.273. The van der Waals surface area contributed by atoms with Gasteiger partial charge in [-0.1, -0.05) is 6.92 Å². The molecule has 0 aliphatic carbocycles. The Morgan fingerprint density at radius 1 is 1.43 bits per heavy atom. The molecule has 0 radical (unpaired) electrons. The number of hydrogen-bond donors (Lipinski definition) is 1. The fraction of sp³-hybridized carbons (Fsp3) is 0.625. The summed E-state index contributed by atoms with van der Waals surface area (Å²) >= 11 is 0. The van der Waals surface area contributed by atoms with Crippen molar-refractivity contribution in [1.82, 2.24) is 15.2 Å². The van der Waals surface area contributed by atoms with Crippen LogP contribution < -0.4 is 5.32 Å². The van der Waals surface area contributed by atoms with E-state index in [0.717, 1.165) is 37.9 Å². The quantitative estimate of drug-likeness (QED) is 0.480. The maximum Gasteiger partial charge on any atom is 0.193 e. The number of halogens is 1. The van der Waals surface area contributed by atoms with Gasteiger partial charge >= 0.3 is 0 Å². The molecule has 1 aliphatic rings. The highest BCUT2D eigenvalue weighted by Gasteiger charge is 2.18. The first kappa shape index (κ1) is 18.2. The first-order valence-electron chi connectivity index (χ1n) is 7.55. The summed E-state index contributed by atoms with van der Waals surface area (Å²) in [6.07, 6.45) is 7.34. The summed E-state index contributed by atoms with van der Waals surface area (Å²) in [5.74, 6) is 1.90. The highest BCUT2D eigenvalue weighted by molar-refractivity contribution is 14.0. The minimum Gasteiger partial charge on any atom is -0.356 e. The van der Waals surface area contributed by atoms with Crippen molar-refractivity contribution in [2.45, 2.75) is 33.1 Å². The molecule has 0 aromatic carbocycles. The number of hydrogen-bond acceptors (Lipinski definition) is 2. The van der Waals surface area contributed by atoms with Crippen molar-refractivity contribution in [2.24, 2.45) is 10.9 Å². The molecule has 1 fully saturated rings. The van der Waals surface area contributed by atoms with Crippen molar-refractivity contribution < 1.29 is 0 Å². The van der Waals surface area contributed by atoms with Crippen LogP contribution >= 0.6 is 24.0 Å². The third-order valence-corrected chi connectivity index (χ3v) is 4.11. The van der Waals surface area contributed by atoms with Crippen LogP contribution in [0.25, 0.3) is 0 Å². The van der Waals surface area contributed by atoms with Crippen LogP contribution in [0, 0.1) is 12.8 Å². The van der Waals surface area contributed by atoms with E-state index < -0.39 is 0 Å². The van der Waals surface area contributed by atoms with Crippen molar-refractivity contribution >= 4 is 29.9 Å². The normalized spacial score (nSPS) is 16.5. The van der Waals surface area contributed by atoms with Gasteiger partial charge in [0.1, 0.15) is 0 Å². The molecule has 1 aromatic rings. The Morgan fingerprint density at radius 3 is 2.76 bits per heavy atom. The van der Waals surface area contributed by atoms with Crippen LogP contribution in [0.5, 0.6) is 0 Å². The maximum atomic E-state index is 4.41. The Labute approximate surface area is 145 Å². The van der Waals surface area contributed by atoms with Crippen LogP contribution in [0.15, 0.2) is 23.5 Å². The lowest BCUT2D eigenvalue weighted by atomic mass is 9.99. The predicted molar refractivity (Wildman–Crippen MR) is 99.4 cm³/mol. The lowest BCUT2D eigenvalue weighted by Gasteiger charge is -2.32. The van der Waals surface area contributed by atoms with Gasteiger partial charge in [-0.15, -0.1) is 24.0 Å². The molecule has 4 nitrogen and oxygen atoms in total. The molecule has 118 valence electrons. The van der Waals surface area contributed by atoms with Gasteiger partial charge < -0.3 is 10.2 Å². The number of nitrogens with one attached hydrogen (secondary N) is 1. The van der Waals surface area contributed by atoms with Crippen LogP contribution in [0.1, 0.15) is 30.9 Å². The van der Waals surface area contributed by atoms with E-state index in [2.05, 4.69) is 40.1 Å². The van der Waals surface area contributed by atoms with Crippen molar-refractivity contribution in [1.29, 1.82) is 0 Å². The number of nitrogens with zero attached hydrogens (tertiary/aromatic N) is 3. The topological polar surface area (TPSA) is 40.5 Å². The summed E-state index contributed by atoms with van der Waals surface area (Å²) in [4.78, 5) is 10.9. The van der Waals surface area contributed by atoms with E-state index in [1.807, 2.05) is 19.4 Å². The Balaban J connectivity index is 0.00000220. The smallest absolute Gasteiger partial charge is 0.193 e. The highest BCUT2D eigenvalue weighted by atomic mass is 127. The van der Waals surface area contributed by atoms with E-state index in [1.54, 1.807) is 0 Å². The van der Waals surface area contributed by atoms with Crippen molar-refractivity contribution in [3.63, 3.8) is 0 Å². The first-order valence-corrected chi connectivity index (χ1v) is 7.55. The summed E-state index contributed by atoms with van der Waals surface area (Å²) in [6, 6.07) is 2.10. The number of guanidine groups is 1. The number of pyridine rings is 1. The number of likely N-dealkylation sites (tertiary alicyclic amines) is 1. The van der Waals surface area contributed by atoms with E-state index in [4.69, 9.17) is 0 Å². The van der Waals surface area contributed by atoms with Gasteiger partial charge in [0.2, 0.25) is 0 Å². The Kier molecular flexibility index (Phi) is 8.00. The summed E-state index contributed by atoms with van der Waals surface area (Å²) in [5, 5.41) is 3.49. The van der Waals surface area contributed by atoms with Crippen LogP contribution in [0.2, 0.25) is 0 Å². The Morgan fingerprint density at radius 2 is 2.14 bits per heavy atom. The molecule has 0 spiro atoms. The van der Waals surface area contributed by atoms with E-state index in [0.29, 0.717) is 0 Å². The van der Waals surface area contributed by atoms with Gasteiger partial charge in [-0.25, -0.2) is 0 Å². The SMILES string of the molecule is CN=C(NCCc1ccncc1C)N1CCC(C)CC1.I. The fourth-order valence-corrected chi connectivity index (χ4v) is 2.64. The number of rotatable bonds is 3. The molecule has 1 N–H and O–H groups in total. The molecule has 1 aromatic heterocycles. The molecule has 0 unspecified atom stereocenters. The molecule has 21 heavy (non-hydrogen) atoms. The standard InChI is InChI=1S/C16H26N4.HI/c1-13-6-10-20(11-7-13)16(17-3)19-9-5-15-4-8-18-12-14(15)2;/h4,8,12-13H,5-7,9-11H2,1-3H3,(H,17,19);1H. The average Bonchev–Trinajstić information content (AvgIpc) is 2.47. The van der Waals surface area contributed by atoms with Gasteiger partial charge in [0.15, 0.2) is 5.96 Å². The van der Waals surface area contributed by atoms with Gasteiger partial charge in [0, 0.05) is 39.1 Å². The van der Waals surface area contributed by atoms with Crippen molar-refractivity contribution in [3.05, 3.63) is 29.6 Å². The lowest BCUT2D eigenvalue weighted by Crippen LogP contribution is -2.45. The molecule has 2 rings (SSSR count). The number of aryl methyl sites for hydroxylation is 1. The minimum atomic E-state index is 0. The zero-order chi connectivity index (χ0) is 14.4. The monoisotopic (exact) mass is 402 g/mol. The van der Waals surface area contributed by atoms with Crippen LogP contribution in [-0.4, -0.2) is 42.5 Å². The van der Waals surface area contributed by atoms with Gasteiger partial charge in [-0.3, -0.25) is 9.98 Å². The summed E-state index contributed by atoms with van der Waals surface area (Å²) in [6.45, 7) is 7.61. The second-order valence-corrected chi connectivity index (χ2v) is 5.70. The highest BCUT2D eigenvalue weighted by Crippen LogP contribution is 2.15.